The van der Waals surface area contributed by atoms with Gasteiger partial charge in [0.1, 0.15) is 5.82 Å². The summed E-state index contributed by atoms with van der Waals surface area (Å²) < 4.78 is 16.1. The van der Waals surface area contributed by atoms with E-state index in [0.717, 1.165) is 28.3 Å². The maximum absolute atomic E-state index is 14.4. The van der Waals surface area contributed by atoms with Crippen LogP contribution in [0.2, 0.25) is 5.02 Å². The zero-order valence-corrected chi connectivity index (χ0v) is 16.8. The number of nitrogens with zero attached hydrogens (tertiary/aromatic N) is 2. The lowest BCUT2D eigenvalue weighted by Crippen LogP contribution is -2.43. The molecule has 1 heterocycles. The molecule has 0 radical (unpaired) electrons. The third-order valence-corrected chi connectivity index (χ3v) is 6.15. The van der Waals surface area contributed by atoms with Gasteiger partial charge in [-0.2, -0.15) is 0 Å². The van der Waals surface area contributed by atoms with E-state index in [1.54, 1.807) is 21.3 Å². The highest BCUT2D eigenvalue weighted by molar-refractivity contribution is 8.01. The van der Waals surface area contributed by atoms with E-state index in [0.29, 0.717) is 10.6 Å². The number of hydrogen-bond acceptors (Lipinski definition) is 2. The van der Waals surface area contributed by atoms with Gasteiger partial charge in [-0.15, -0.1) is 0 Å². The Morgan fingerprint density at radius 1 is 0.964 bits per heavy atom. The monoisotopic (exact) mass is 412 g/mol. The molecule has 0 bridgehead atoms. The predicted octanol–water partition coefficient (Wildman–Crippen LogP) is 6.70. The Balaban J connectivity index is 1.80. The number of anilines is 2. The minimum atomic E-state index is -0.420. The number of carbonyl (C=O) groups excluding carboxylic acids is 1. The van der Waals surface area contributed by atoms with E-state index in [1.165, 1.54) is 18.0 Å². The molecule has 0 fully saturated rings. The highest BCUT2D eigenvalue weighted by atomic mass is 35.5. The van der Waals surface area contributed by atoms with Crippen molar-refractivity contribution in [1.29, 1.82) is 0 Å². The quantitative estimate of drug-likeness (QED) is 0.445. The third kappa shape index (κ3) is 3.36. The largest absolute Gasteiger partial charge is 0.339 e. The average Bonchev–Trinajstić information content (AvgIpc) is 2.72. The van der Waals surface area contributed by atoms with Crippen molar-refractivity contribution in [2.24, 2.45) is 0 Å². The zero-order valence-electron chi connectivity index (χ0n) is 15.2. The van der Waals surface area contributed by atoms with Crippen molar-refractivity contribution < 1.29 is 9.18 Å². The number of benzene rings is 3. The third-order valence-electron chi connectivity index (χ3n) is 4.72. The maximum atomic E-state index is 14.4. The summed E-state index contributed by atoms with van der Waals surface area (Å²) in [6.45, 7) is 2.12. The Bertz CT molecular complexity index is 1020. The van der Waals surface area contributed by atoms with E-state index in [-0.39, 0.29) is 12.6 Å². The fraction of sp³-hybridized carbons (Fsp3) is 0.136. The van der Waals surface area contributed by atoms with E-state index in [1.807, 2.05) is 48.5 Å². The fourth-order valence-corrected chi connectivity index (χ4v) is 4.55. The number of fused-ring (bicyclic) bond motifs is 1. The minimum absolute atomic E-state index is 0.0622. The Kier molecular flexibility index (Phi) is 5.29. The number of para-hydroxylation sites is 2. The van der Waals surface area contributed by atoms with Crippen molar-refractivity contribution in [2.45, 2.75) is 24.8 Å². The van der Waals surface area contributed by atoms with Gasteiger partial charge in [0.15, 0.2) is 0 Å². The number of amides is 2. The lowest BCUT2D eigenvalue weighted by Gasteiger charge is -2.36. The van der Waals surface area contributed by atoms with Gasteiger partial charge in [0.2, 0.25) is 0 Å². The maximum Gasteiger partial charge on any atom is 0.339 e. The van der Waals surface area contributed by atoms with Crippen LogP contribution in [0.15, 0.2) is 71.6 Å². The van der Waals surface area contributed by atoms with Gasteiger partial charge in [-0.25, -0.2) is 13.5 Å². The summed E-state index contributed by atoms with van der Waals surface area (Å²) in [5.41, 5.74) is 2.98. The summed E-state index contributed by atoms with van der Waals surface area (Å²) >= 11 is 7.61. The first-order valence-electron chi connectivity index (χ1n) is 8.99. The van der Waals surface area contributed by atoms with Gasteiger partial charge < -0.3 is 0 Å². The molecular weight excluding hydrogens is 395 g/mol. The van der Waals surface area contributed by atoms with Crippen LogP contribution >= 0.6 is 23.5 Å². The van der Waals surface area contributed by atoms with Crippen molar-refractivity contribution in [3.05, 3.63) is 88.7 Å². The summed E-state index contributed by atoms with van der Waals surface area (Å²) in [6.07, 6.45) is 0.807. The van der Waals surface area contributed by atoms with Crippen LogP contribution in [-0.2, 0) is 13.0 Å². The van der Waals surface area contributed by atoms with Gasteiger partial charge in [-0.05, 0) is 54.3 Å². The molecule has 0 N–H and O–H groups in total. The van der Waals surface area contributed by atoms with Crippen LogP contribution in [0.3, 0.4) is 0 Å². The number of halogens is 2. The minimum Gasteiger partial charge on any atom is -0.288 e. The zero-order chi connectivity index (χ0) is 19.7. The molecule has 142 valence electrons. The Labute approximate surface area is 172 Å². The molecule has 0 spiro atoms. The van der Waals surface area contributed by atoms with E-state index >= 15 is 0 Å². The lowest BCUT2D eigenvalue weighted by atomic mass is 10.1. The molecule has 3 aromatic rings. The van der Waals surface area contributed by atoms with Crippen molar-refractivity contribution >= 4 is 41.0 Å². The van der Waals surface area contributed by atoms with Gasteiger partial charge in [0.25, 0.3) is 0 Å². The Hall–Kier alpha value is -2.50. The first-order chi connectivity index (χ1) is 13.6. The van der Waals surface area contributed by atoms with Gasteiger partial charge in [0.05, 0.1) is 22.8 Å². The number of hydrogen-bond donors (Lipinski definition) is 0. The number of aryl methyl sites for hydroxylation is 1. The summed E-state index contributed by atoms with van der Waals surface area (Å²) in [6, 6.07) is 19.8. The highest BCUT2D eigenvalue weighted by Crippen LogP contribution is 2.43. The van der Waals surface area contributed by atoms with Gasteiger partial charge >= 0.3 is 6.03 Å². The Morgan fingerprint density at radius 3 is 2.43 bits per heavy atom. The molecule has 28 heavy (non-hydrogen) atoms. The van der Waals surface area contributed by atoms with Crippen molar-refractivity contribution in [3.63, 3.8) is 0 Å². The lowest BCUT2D eigenvalue weighted by molar-refractivity contribution is 0.254. The van der Waals surface area contributed by atoms with Crippen LogP contribution in [0.25, 0.3) is 0 Å². The number of rotatable bonds is 4. The molecule has 1 aliphatic rings. The van der Waals surface area contributed by atoms with Crippen LogP contribution in [0.1, 0.15) is 18.1 Å². The molecule has 0 aromatic heterocycles. The Morgan fingerprint density at radius 2 is 1.68 bits per heavy atom. The average molecular weight is 413 g/mol. The SMILES string of the molecule is CCc1ccccc1N1Sc2ccccc2N(Cc2c(F)cccc2Cl)C1=O. The second kappa shape index (κ2) is 7.86. The molecule has 0 saturated heterocycles. The molecule has 3 aromatic carbocycles. The molecule has 0 aliphatic carbocycles. The second-order valence-corrected chi connectivity index (χ2v) is 7.80. The van der Waals surface area contributed by atoms with Crippen LogP contribution in [0.5, 0.6) is 0 Å². The van der Waals surface area contributed by atoms with Gasteiger partial charge in [0, 0.05) is 10.6 Å². The van der Waals surface area contributed by atoms with Crippen LogP contribution in [0.4, 0.5) is 20.6 Å². The van der Waals surface area contributed by atoms with Crippen LogP contribution < -0.4 is 9.21 Å². The van der Waals surface area contributed by atoms with Crippen LogP contribution in [0, 0.1) is 5.82 Å². The molecule has 3 nitrogen and oxygen atoms in total. The summed E-state index contributed by atoms with van der Waals surface area (Å²) in [7, 11) is 0. The highest BCUT2D eigenvalue weighted by Gasteiger charge is 2.34. The van der Waals surface area contributed by atoms with E-state index in [2.05, 4.69) is 6.92 Å². The van der Waals surface area contributed by atoms with Gasteiger partial charge in [-0.3, -0.25) is 4.90 Å². The van der Waals surface area contributed by atoms with Gasteiger partial charge in [-0.1, -0.05) is 54.9 Å². The van der Waals surface area contributed by atoms with Crippen molar-refractivity contribution in [3.8, 4) is 0 Å². The topological polar surface area (TPSA) is 23.6 Å². The summed E-state index contributed by atoms with van der Waals surface area (Å²) in [5.74, 6) is -0.420. The van der Waals surface area contributed by atoms with E-state index in [4.69, 9.17) is 11.6 Å². The molecule has 2 amide bonds. The molecule has 0 atom stereocenters. The van der Waals surface area contributed by atoms with E-state index < -0.39 is 5.82 Å². The summed E-state index contributed by atoms with van der Waals surface area (Å²) in [4.78, 5) is 16.0. The normalized spacial score (nSPS) is 13.6. The molecule has 0 unspecified atom stereocenters. The number of carbonyl (C=O) groups is 1. The van der Waals surface area contributed by atoms with E-state index in [9.17, 15) is 9.18 Å². The molecular formula is C22H18ClFN2OS. The van der Waals surface area contributed by atoms with Crippen LogP contribution in [-0.4, -0.2) is 6.03 Å². The molecule has 0 saturated carbocycles. The first-order valence-corrected chi connectivity index (χ1v) is 10.1. The smallest absolute Gasteiger partial charge is 0.288 e. The molecule has 1 aliphatic heterocycles. The molecule has 4 rings (SSSR count). The first kappa shape index (κ1) is 18.8. The molecule has 6 heteroatoms. The second-order valence-electron chi connectivity index (χ2n) is 6.40. The fourth-order valence-electron chi connectivity index (χ4n) is 3.26. The van der Waals surface area contributed by atoms with Crippen molar-refractivity contribution in [1.82, 2.24) is 0 Å². The predicted molar refractivity (Wildman–Crippen MR) is 114 cm³/mol. The van der Waals surface area contributed by atoms with Crippen molar-refractivity contribution in [2.75, 3.05) is 9.21 Å². The standard InChI is InChI=1S/C22H18ClFN2OS/c1-2-15-8-3-4-11-19(15)26-22(27)25(20-12-5-6-13-21(20)28-26)14-16-17(23)9-7-10-18(16)24/h3-13H,2,14H2,1H3. The number of urea groups is 1. The summed E-state index contributed by atoms with van der Waals surface area (Å²) in [5, 5.41) is 0.309.